The molecule has 0 aromatic heterocycles. The van der Waals surface area contributed by atoms with Crippen LogP contribution in [0, 0.1) is 59.2 Å². The normalized spacial score (nSPS) is 67.3. The van der Waals surface area contributed by atoms with Crippen molar-refractivity contribution in [3.05, 3.63) is 0 Å². The zero-order valence-corrected chi connectivity index (χ0v) is 11.2. The van der Waals surface area contributed by atoms with E-state index in [9.17, 15) is 4.79 Å². The minimum atomic E-state index is 0.148. The van der Waals surface area contributed by atoms with E-state index in [-0.39, 0.29) is 5.97 Å². The lowest BCUT2D eigenvalue weighted by atomic mass is 9.60. The summed E-state index contributed by atoms with van der Waals surface area (Å²) in [5.41, 5.74) is 0. The maximum atomic E-state index is 12.0. The van der Waals surface area contributed by atoms with Gasteiger partial charge in [-0.05, 0) is 60.2 Å². The van der Waals surface area contributed by atoms with E-state index in [4.69, 9.17) is 4.74 Å². The van der Waals surface area contributed by atoms with E-state index in [0.29, 0.717) is 17.8 Å². The van der Waals surface area contributed by atoms with Gasteiger partial charge in [0.15, 0.2) is 0 Å². The number of cyclic esters (lactones) is 1. The van der Waals surface area contributed by atoms with Gasteiger partial charge >= 0.3 is 5.97 Å². The second-order valence-electron chi connectivity index (χ2n) is 7.82. The van der Waals surface area contributed by atoms with Crippen molar-refractivity contribution in [3.8, 4) is 0 Å². The van der Waals surface area contributed by atoms with Crippen LogP contribution in [0.2, 0.25) is 0 Å². The molecule has 2 heteroatoms. The van der Waals surface area contributed by atoms with Crippen LogP contribution in [0.5, 0.6) is 0 Å². The maximum Gasteiger partial charge on any atom is 0.309 e. The molecule has 0 aromatic carbocycles. The van der Waals surface area contributed by atoms with Crippen LogP contribution in [0.15, 0.2) is 0 Å². The Morgan fingerprint density at radius 3 is 2.22 bits per heavy atom. The highest BCUT2D eigenvalue weighted by atomic mass is 16.5. The molecule has 98 valence electrons. The van der Waals surface area contributed by atoms with Gasteiger partial charge in [0.25, 0.3) is 0 Å². The largest absolute Gasteiger partial charge is 0.465 e. The summed E-state index contributed by atoms with van der Waals surface area (Å²) in [7, 11) is 0. The van der Waals surface area contributed by atoms with Crippen molar-refractivity contribution < 1.29 is 9.53 Å². The number of hydrogen-bond acceptors (Lipinski definition) is 2. The predicted molar refractivity (Wildman–Crippen MR) is 66.4 cm³/mol. The SMILES string of the molecule is CC1C(C)C2CC1C1C3C[C@@H](C4COC(=O)C34)C21. The van der Waals surface area contributed by atoms with Crippen LogP contribution in [-0.4, -0.2) is 12.6 Å². The van der Waals surface area contributed by atoms with Crippen molar-refractivity contribution in [3.63, 3.8) is 0 Å². The Morgan fingerprint density at radius 1 is 0.889 bits per heavy atom. The van der Waals surface area contributed by atoms with Gasteiger partial charge in [0, 0.05) is 5.92 Å². The third-order valence-corrected chi connectivity index (χ3v) is 7.85. The van der Waals surface area contributed by atoms with Crippen LogP contribution in [0.25, 0.3) is 0 Å². The fourth-order valence-electron chi connectivity index (χ4n) is 7.23. The minimum Gasteiger partial charge on any atom is -0.465 e. The number of fused-ring (bicyclic) bond motifs is 12. The fourth-order valence-corrected chi connectivity index (χ4v) is 7.23. The Hall–Kier alpha value is -0.530. The molecular formula is C16H22O2. The highest BCUT2D eigenvalue weighted by molar-refractivity contribution is 5.76. The molecule has 5 fully saturated rings. The first-order valence-corrected chi connectivity index (χ1v) is 7.85. The summed E-state index contributed by atoms with van der Waals surface area (Å²) in [6.45, 7) is 5.68. The zero-order chi connectivity index (χ0) is 12.2. The van der Waals surface area contributed by atoms with Gasteiger partial charge in [-0.3, -0.25) is 4.79 Å². The molecule has 0 amide bonds. The Balaban J connectivity index is 1.57. The molecule has 0 spiro atoms. The van der Waals surface area contributed by atoms with Gasteiger partial charge in [0.2, 0.25) is 0 Å². The zero-order valence-electron chi connectivity index (χ0n) is 11.2. The summed E-state index contributed by atoms with van der Waals surface area (Å²) in [6.07, 6.45) is 2.82. The first kappa shape index (κ1) is 10.3. The summed E-state index contributed by atoms with van der Waals surface area (Å²) < 4.78 is 5.37. The Kier molecular flexibility index (Phi) is 1.69. The molecule has 4 saturated carbocycles. The smallest absolute Gasteiger partial charge is 0.309 e. The van der Waals surface area contributed by atoms with Crippen molar-refractivity contribution in [2.45, 2.75) is 26.7 Å². The molecule has 2 nitrogen and oxygen atoms in total. The van der Waals surface area contributed by atoms with E-state index in [1.54, 1.807) is 0 Å². The van der Waals surface area contributed by atoms with Crippen molar-refractivity contribution in [1.29, 1.82) is 0 Å². The molecule has 0 radical (unpaired) electrons. The molecule has 4 aliphatic carbocycles. The minimum absolute atomic E-state index is 0.148. The predicted octanol–water partition coefficient (Wildman–Crippen LogP) is 2.58. The van der Waals surface area contributed by atoms with E-state index in [0.717, 1.165) is 48.0 Å². The molecule has 0 N–H and O–H groups in total. The average Bonchev–Trinajstić information content (AvgIpc) is 3.06. The first-order valence-electron chi connectivity index (χ1n) is 7.85. The summed E-state index contributed by atoms with van der Waals surface area (Å²) >= 11 is 0. The van der Waals surface area contributed by atoms with Crippen LogP contribution in [0.1, 0.15) is 26.7 Å². The maximum absolute atomic E-state index is 12.0. The molecule has 0 aromatic rings. The van der Waals surface area contributed by atoms with Crippen LogP contribution >= 0.6 is 0 Å². The molecule has 5 rings (SSSR count). The molecule has 1 saturated heterocycles. The number of carbonyl (C=O) groups excluding carboxylic acids is 1. The standard InChI is InChI=1S/C16H22O2/c1-6-7(2)9-3-8(6)13-10-4-11(14(9)13)15-12(10)5-18-16(15)17/h6-15H,3-5H2,1-2H3/t6?,7?,8?,9?,10-,11?,12?,13?,14?,15?/m0/s1. The Morgan fingerprint density at radius 2 is 1.50 bits per heavy atom. The lowest BCUT2D eigenvalue weighted by molar-refractivity contribution is -0.143. The molecule has 10 atom stereocenters. The lowest BCUT2D eigenvalue weighted by Gasteiger charge is -2.43. The van der Waals surface area contributed by atoms with Crippen LogP contribution in [0.4, 0.5) is 0 Å². The van der Waals surface area contributed by atoms with Crippen molar-refractivity contribution in [2.75, 3.05) is 6.61 Å². The van der Waals surface area contributed by atoms with Gasteiger partial charge in [0.05, 0.1) is 12.5 Å². The highest BCUT2D eigenvalue weighted by Gasteiger charge is 2.70. The van der Waals surface area contributed by atoms with Gasteiger partial charge in [-0.25, -0.2) is 0 Å². The second kappa shape index (κ2) is 2.96. The quantitative estimate of drug-likeness (QED) is 0.485. The third-order valence-electron chi connectivity index (χ3n) is 7.85. The van der Waals surface area contributed by atoms with E-state index in [1.807, 2.05) is 0 Å². The number of esters is 1. The molecule has 4 bridgehead atoms. The lowest BCUT2D eigenvalue weighted by Crippen LogP contribution is -2.42. The van der Waals surface area contributed by atoms with Crippen molar-refractivity contribution >= 4 is 5.97 Å². The van der Waals surface area contributed by atoms with E-state index in [2.05, 4.69) is 13.8 Å². The average molecular weight is 246 g/mol. The molecule has 5 aliphatic rings. The van der Waals surface area contributed by atoms with Gasteiger partial charge in [-0.1, -0.05) is 13.8 Å². The van der Waals surface area contributed by atoms with E-state index < -0.39 is 0 Å². The van der Waals surface area contributed by atoms with Crippen LogP contribution < -0.4 is 0 Å². The third kappa shape index (κ3) is 0.886. The van der Waals surface area contributed by atoms with Gasteiger partial charge < -0.3 is 4.74 Å². The molecule has 18 heavy (non-hydrogen) atoms. The Labute approximate surface area is 108 Å². The van der Waals surface area contributed by atoms with E-state index >= 15 is 0 Å². The molecule has 9 unspecified atom stereocenters. The van der Waals surface area contributed by atoms with Crippen molar-refractivity contribution in [2.24, 2.45) is 59.2 Å². The summed E-state index contributed by atoms with van der Waals surface area (Å²) in [5, 5.41) is 0. The summed E-state index contributed by atoms with van der Waals surface area (Å²) in [4.78, 5) is 12.0. The molecule has 1 aliphatic heterocycles. The highest BCUT2D eigenvalue weighted by Crippen LogP contribution is 2.73. The second-order valence-corrected chi connectivity index (χ2v) is 7.82. The van der Waals surface area contributed by atoms with Crippen molar-refractivity contribution in [1.82, 2.24) is 0 Å². The van der Waals surface area contributed by atoms with Gasteiger partial charge in [-0.15, -0.1) is 0 Å². The number of rotatable bonds is 0. The van der Waals surface area contributed by atoms with Gasteiger partial charge in [-0.2, -0.15) is 0 Å². The number of carbonyl (C=O) groups is 1. The first-order chi connectivity index (χ1) is 8.68. The molecular weight excluding hydrogens is 224 g/mol. The summed E-state index contributed by atoms with van der Waals surface area (Å²) in [6, 6.07) is 0. The molecule has 1 heterocycles. The monoisotopic (exact) mass is 246 g/mol. The fraction of sp³-hybridized carbons (Fsp3) is 0.938. The Bertz CT molecular complexity index is 431. The number of hydrogen-bond donors (Lipinski definition) is 0. The number of ether oxygens (including phenoxy) is 1. The van der Waals surface area contributed by atoms with Crippen LogP contribution in [-0.2, 0) is 9.53 Å². The van der Waals surface area contributed by atoms with Gasteiger partial charge in [0.1, 0.15) is 0 Å². The van der Waals surface area contributed by atoms with Crippen LogP contribution in [0.3, 0.4) is 0 Å². The summed E-state index contributed by atoms with van der Waals surface area (Å²) in [5.74, 6) is 8.16. The van der Waals surface area contributed by atoms with E-state index in [1.165, 1.54) is 12.8 Å². The topological polar surface area (TPSA) is 26.3 Å².